The molecule has 1 aromatic rings. The van der Waals surface area contributed by atoms with Crippen molar-refractivity contribution < 1.29 is 14.7 Å². The summed E-state index contributed by atoms with van der Waals surface area (Å²) in [5.74, 6) is -0.670. The molecule has 5 nitrogen and oxygen atoms in total. The smallest absolute Gasteiger partial charge is 0.335 e. The maximum absolute atomic E-state index is 12.6. The molecule has 0 radical (unpaired) electrons. The molecule has 106 valence electrons. The first-order chi connectivity index (χ1) is 9.56. The summed E-state index contributed by atoms with van der Waals surface area (Å²) in [5.41, 5.74) is 2.14. The Kier molecular flexibility index (Phi) is 3.22. The lowest BCUT2D eigenvalue weighted by Crippen LogP contribution is -2.36. The molecule has 5 heteroatoms. The molecule has 0 saturated carbocycles. The minimum absolute atomic E-state index is 0.0742. The Hall–Kier alpha value is -1.88. The summed E-state index contributed by atoms with van der Waals surface area (Å²) in [6.45, 7) is 2.45. The van der Waals surface area contributed by atoms with E-state index in [4.69, 9.17) is 5.11 Å². The highest BCUT2D eigenvalue weighted by atomic mass is 16.4. The van der Waals surface area contributed by atoms with E-state index >= 15 is 0 Å². The Labute approximate surface area is 117 Å². The van der Waals surface area contributed by atoms with E-state index < -0.39 is 5.97 Å². The maximum atomic E-state index is 12.6. The lowest BCUT2D eigenvalue weighted by molar-refractivity contribution is -0.121. The molecule has 2 aliphatic rings. The van der Waals surface area contributed by atoms with Crippen molar-refractivity contribution in [3.05, 3.63) is 29.3 Å². The quantitative estimate of drug-likeness (QED) is 0.881. The number of aromatic carboxylic acids is 1. The maximum Gasteiger partial charge on any atom is 0.335 e. The number of hydrogen-bond acceptors (Lipinski definition) is 3. The highest BCUT2D eigenvalue weighted by Crippen LogP contribution is 2.31. The predicted molar refractivity (Wildman–Crippen MR) is 75.1 cm³/mol. The zero-order valence-corrected chi connectivity index (χ0v) is 11.5. The third kappa shape index (κ3) is 2.18. The largest absolute Gasteiger partial charge is 0.478 e. The monoisotopic (exact) mass is 274 g/mol. The molecule has 1 fully saturated rings. The molecule has 0 bridgehead atoms. The number of carbonyl (C=O) groups excluding carboxylic acids is 1. The molecule has 1 N–H and O–H groups in total. The number of nitrogens with zero attached hydrogens (tertiary/aromatic N) is 2. The molecule has 2 aliphatic heterocycles. The van der Waals surface area contributed by atoms with Crippen molar-refractivity contribution in [1.29, 1.82) is 0 Å². The fourth-order valence-electron chi connectivity index (χ4n) is 3.12. The number of amides is 1. The van der Waals surface area contributed by atoms with Crippen molar-refractivity contribution in [3.8, 4) is 0 Å². The van der Waals surface area contributed by atoms with Gasteiger partial charge in [-0.2, -0.15) is 0 Å². The molecule has 0 aliphatic carbocycles. The minimum Gasteiger partial charge on any atom is -0.478 e. The fraction of sp³-hybridized carbons (Fsp3) is 0.467. The van der Waals surface area contributed by atoms with Crippen LogP contribution in [0.25, 0.3) is 0 Å². The molecule has 1 aromatic carbocycles. The third-order valence-electron chi connectivity index (χ3n) is 4.23. The summed E-state index contributed by atoms with van der Waals surface area (Å²) in [6, 6.07) is 5.03. The number of likely N-dealkylation sites (tertiary alicyclic amines) is 1. The first kappa shape index (κ1) is 13.1. The van der Waals surface area contributed by atoms with Gasteiger partial charge in [-0.1, -0.05) is 0 Å². The molecule has 1 unspecified atom stereocenters. The number of carbonyl (C=O) groups is 2. The summed E-state index contributed by atoms with van der Waals surface area (Å²) in [6.07, 6.45) is 1.65. The Morgan fingerprint density at radius 2 is 2.10 bits per heavy atom. The van der Waals surface area contributed by atoms with Crippen molar-refractivity contribution in [2.75, 3.05) is 31.6 Å². The van der Waals surface area contributed by atoms with Gasteiger partial charge in [-0.3, -0.25) is 4.79 Å². The average Bonchev–Trinajstić information content (AvgIpc) is 3.03. The van der Waals surface area contributed by atoms with Crippen LogP contribution in [0.3, 0.4) is 0 Å². The topological polar surface area (TPSA) is 60.9 Å². The zero-order valence-electron chi connectivity index (χ0n) is 11.5. The van der Waals surface area contributed by atoms with Crippen LogP contribution in [-0.4, -0.2) is 48.6 Å². The van der Waals surface area contributed by atoms with Crippen LogP contribution in [0.4, 0.5) is 5.69 Å². The third-order valence-corrected chi connectivity index (χ3v) is 4.23. The first-order valence-corrected chi connectivity index (χ1v) is 6.92. The summed E-state index contributed by atoms with van der Waals surface area (Å²) in [7, 11) is 2.03. The lowest BCUT2D eigenvalue weighted by Gasteiger charge is -2.21. The second kappa shape index (κ2) is 4.90. The number of carboxylic acids is 1. The van der Waals surface area contributed by atoms with Crippen molar-refractivity contribution in [3.63, 3.8) is 0 Å². The molecular formula is C15H18N2O3. The van der Waals surface area contributed by atoms with E-state index in [2.05, 4.69) is 4.90 Å². The van der Waals surface area contributed by atoms with E-state index in [1.807, 2.05) is 11.9 Å². The van der Waals surface area contributed by atoms with E-state index in [0.29, 0.717) is 12.1 Å². The van der Waals surface area contributed by atoms with Crippen LogP contribution in [0.5, 0.6) is 0 Å². The number of carboxylic acid groups (broad SMARTS) is 1. The number of rotatable bonds is 2. The standard InChI is InChI=1S/C15H18N2O3/c1-16-6-4-12(9-16)14(18)17-7-5-10-8-11(15(19)20)2-3-13(10)17/h2-3,8,12H,4-7,9H2,1H3,(H,19,20). The van der Waals surface area contributed by atoms with Gasteiger partial charge in [-0.15, -0.1) is 0 Å². The van der Waals surface area contributed by atoms with E-state index in [1.54, 1.807) is 18.2 Å². The normalized spacial score (nSPS) is 22.1. The van der Waals surface area contributed by atoms with Gasteiger partial charge in [0.15, 0.2) is 0 Å². The second-order valence-corrected chi connectivity index (χ2v) is 5.64. The molecule has 1 saturated heterocycles. The Bertz CT molecular complexity index is 570. The Balaban J connectivity index is 1.82. The molecular weight excluding hydrogens is 256 g/mol. The summed E-state index contributed by atoms with van der Waals surface area (Å²) < 4.78 is 0. The van der Waals surface area contributed by atoms with E-state index in [0.717, 1.165) is 37.2 Å². The number of benzene rings is 1. The van der Waals surface area contributed by atoms with Gasteiger partial charge in [-0.05, 0) is 50.2 Å². The van der Waals surface area contributed by atoms with Gasteiger partial charge in [0.1, 0.15) is 0 Å². The van der Waals surface area contributed by atoms with Crippen LogP contribution >= 0.6 is 0 Å². The number of hydrogen-bond donors (Lipinski definition) is 1. The predicted octanol–water partition coefficient (Wildman–Crippen LogP) is 1.23. The second-order valence-electron chi connectivity index (χ2n) is 5.64. The van der Waals surface area contributed by atoms with Crippen LogP contribution in [0.2, 0.25) is 0 Å². The average molecular weight is 274 g/mol. The molecule has 3 rings (SSSR count). The van der Waals surface area contributed by atoms with Gasteiger partial charge in [0, 0.05) is 18.8 Å². The van der Waals surface area contributed by atoms with Crippen LogP contribution in [0, 0.1) is 5.92 Å². The van der Waals surface area contributed by atoms with E-state index in [-0.39, 0.29) is 11.8 Å². The minimum atomic E-state index is -0.921. The van der Waals surface area contributed by atoms with Gasteiger partial charge in [0.05, 0.1) is 11.5 Å². The van der Waals surface area contributed by atoms with Gasteiger partial charge in [0.2, 0.25) is 5.91 Å². The van der Waals surface area contributed by atoms with Crippen molar-refractivity contribution >= 4 is 17.6 Å². The Morgan fingerprint density at radius 3 is 2.75 bits per heavy atom. The Morgan fingerprint density at radius 1 is 1.30 bits per heavy atom. The molecule has 1 atom stereocenters. The highest BCUT2D eigenvalue weighted by molar-refractivity contribution is 5.98. The van der Waals surface area contributed by atoms with Gasteiger partial charge >= 0.3 is 5.97 Å². The van der Waals surface area contributed by atoms with Crippen LogP contribution in [0.1, 0.15) is 22.3 Å². The van der Waals surface area contributed by atoms with Crippen LogP contribution < -0.4 is 4.90 Å². The molecule has 1 amide bonds. The SMILES string of the molecule is CN1CCC(C(=O)N2CCc3cc(C(=O)O)ccc32)C1. The van der Waals surface area contributed by atoms with E-state index in [9.17, 15) is 9.59 Å². The fourth-order valence-corrected chi connectivity index (χ4v) is 3.12. The summed E-state index contributed by atoms with van der Waals surface area (Å²) >= 11 is 0. The van der Waals surface area contributed by atoms with Gasteiger partial charge in [0.25, 0.3) is 0 Å². The zero-order chi connectivity index (χ0) is 14.3. The van der Waals surface area contributed by atoms with Crippen molar-refractivity contribution in [1.82, 2.24) is 4.90 Å². The van der Waals surface area contributed by atoms with Gasteiger partial charge in [-0.25, -0.2) is 4.79 Å². The van der Waals surface area contributed by atoms with Gasteiger partial charge < -0.3 is 14.9 Å². The van der Waals surface area contributed by atoms with Crippen LogP contribution in [0.15, 0.2) is 18.2 Å². The molecule has 0 aromatic heterocycles. The van der Waals surface area contributed by atoms with Crippen molar-refractivity contribution in [2.45, 2.75) is 12.8 Å². The van der Waals surface area contributed by atoms with Crippen molar-refractivity contribution in [2.24, 2.45) is 5.92 Å². The number of fused-ring (bicyclic) bond motifs is 1. The number of anilines is 1. The molecule has 0 spiro atoms. The summed E-state index contributed by atoms with van der Waals surface area (Å²) in [5, 5.41) is 9.01. The first-order valence-electron chi connectivity index (χ1n) is 6.92. The van der Waals surface area contributed by atoms with Crippen LogP contribution in [-0.2, 0) is 11.2 Å². The van der Waals surface area contributed by atoms with E-state index in [1.165, 1.54) is 0 Å². The molecule has 2 heterocycles. The highest BCUT2D eigenvalue weighted by Gasteiger charge is 2.33. The lowest BCUT2D eigenvalue weighted by atomic mass is 10.1. The molecule has 20 heavy (non-hydrogen) atoms. The summed E-state index contributed by atoms with van der Waals surface area (Å²) in [4.78, 5) is 27.5.